The third-order valence-corrected chi connectivity index (χ3v) is 5.79. The van der Waals surface area contributed by atoms with E-state index in [1.807, 2.05) is 48.2 Å². The molecule has 2 aromatic rings. The van der Waals surface area contributed by atoms with Crippen LogP contribution in [0.4, 0.5) is 5.69 Å². The van der Waals surface area contributed by atoms with E-state index in [-0.39, 0.29) is 17.6 Å². The van der Waals surface area contributed by atoms with Crippen LogP contribution < -0.4 is 4.90 Å². The fourth-order valence-corrected chi connectivity index (χ4v) is 4.09. The molecular weight excluding hydrogens is 376 g/mol. The lowest BCUT2D eigenvalue weighted by molar-refractivity contribution is -0.114. The van der Waals surface area contributed by atoms with Gasteiger partial charge in [0.1, 0.15) is 0 Å². The molecule has 4 rings (SSSR count). The molecule has 0 saturated carbocycles. The molecule has 6 heteroatoms. The number of amides is 1. The van der Waals surface area contributed by atoms with Crippen LogP contribution in [0.3, 0.4) is 0 Å². The Morgan fingerprint density at radius 2 is 1.63 bits per heavy atom. The van der Waals surface area contributed by atoms with Crippen molar-refractivity contribution in [1.82, 2.24) is 15.0 Å². The Morgan fingerprint density at radius 1 is 0.933 bits per heavy atom. The Kier molecular flexibility index (Phi) is 6.21. The van der Waals surface area contributed by atoms with Gasteiger partial charge in [-0.2, -0.15) is 0 Å². The third-order valence-electron chi connectivity index (χ3n) is 5.79. The fraction of sp³-hybridized carbons (Fsp3) is 0.417. The Morgan fingerprint density at radius 3 is 2.40 bits per heavy atom. The maximum absolute atomic E-state index is 12.3. The molecule has 30 heavy (non-hydrogen) atoms. The number of unbranched alkanes of at least 4 members (excludes halogenated alkanes) is 5. The summed E-state index contributed by atoms with van der Waals surface area (Å²) in [5, 5.41) is 8.48. The van der Waals surface area contributed by atoms with Gasteiger partial charge >= 0.3 is 0 Å². The number of carbonyl (C=O) groups is 2. The van der Waals surface area contributed by atoms with Crippen LogP contribution in [0.2, 0.25) is 0 Å². The van der Waals surface area contributed by atoms with Gasteiger partial charge in [0.2, 0.25) is 0 Å². The van der Waals surface area contributed by atoms with E-state index in [4.69, 9.17) is 0 Å². The molecule has 0 radical (unpaired) electrons. The molecule has 0 atom stereocenters. The van der Waals surface area contributed by atoms with Crippen molar-refractivity contribution < 1.29 is 9.59 Å². The van der Waals surface area contributed by atoms with Crippen molar-refractivity contribution in [3.63, 3.8) is 0 Å². The summed E-state index contributed by atoms with van der Waals surface area (Å²) in [5.41, 5.74) is 3.33. The van der Waals surface area contributed by atoms with Crippen molar-refractivity contribution in [1.29, 1.82) is 0 Å². The highest BCUT2D eigenvalue weighted by molar-refractivity contribution is 6.52. The molecule has 1 aromatic heterocycles. The van der Waals surface area contributed by atoms with Gasteiger partial charge in [-0.1, -0.05) is 66.8 Å². The Labute approximate surface area is 177 Å². The number of rotatable bonds is 10. The minimum absolute atomic E-state index is 0.271. The minimum Gasteiger partial charge on any atom is -0.305 e. The van der Waals surface area contributed by atoms with E-state index >= 15 is 0 Å². The number of carbonyl (C=O) groups excluding carboxylic acids is 2. The molecule has 0 N–H and O–H groups in total. The average Bonchev–Trinajstić information content (AvgIpc) is 3.47. The lowest BCUT2D eigenvalue weighted by atomic mass is 10.1. The first-order valence-electron chi connectivity index (χ1n) is 10.9. The zero-order valence-corrected chi connectivity index (χ0v) is 17.5. The molecule has 156 valence electrons. The minimum atomic E-state index is -0.383. The highest BCUT2D eigenvalue weighted by Crippen LogP contribution is 2.30. The van der Waals surface area contributed by atoms with Crippen molar-refractivity contribution in [2.75, 3.05) is 11.4 Å². The van der Waals surface area contributed by atoms with Crippen LogP contribution in [0.25, 0.3) is 0 Å². The van der Waals surface area contributed by atoms with Crippen LogP contribution in [-0.2, 0) is 11.3 Å². The van der Waals surface area contributed by atoms with Crippen LogP contribution in [0.1, 0.15) is 66.1 Å². The van der Waals surface area contributed by atoms with Gasteiger partial charge in [0.15, 0.2) is 0 Å². The molecule has 1 aliphatic heterocycles. The zero-order valence-electron chi connectivity index (χ0n) is 17.5. The van der Waals surface area contributed by atoms with E-state index in [1.54, 1.807) is 4.90 Å². The standard InChI is InChI=1S/C24H28N4O2/c1-18-12-13-22-20(16-18)23(29)24(30)28(22)15-9-5-3-2-4-8-14-27-17-21(25-26-27)19-10-6-7-11-19/h6-7,10-13,16-17,19H,2-5,8-9,14-15H2,1H3. The lowest BCUT2D eigenvalue weighted by Gasteiger charge is -2.16. The van der Waals surface area contributed by atoms with Gasteiger partial charge in [0.05, 0.1) is 16.9 Å². The highest BCUT2D eigenvalue weighted by atomic mass is 16.2. The number of fused-ring (bicyclic) bond motifs is 1. The molecular formula is C24H28N4O2. The fourth-order valence-electron chi connectivity index (χ4n) is 4.09. The number of allylic oxidation sites excluding steroid dienone is 4. The van der Waals surface area contributed by atoms with Crippen LogP contribution in [0.5, 0.6) is 0 Å². The molecule has 0 saturated heterocycles. The number of benzene rings is 1. The number of nitrogens with zero attached hydrogens (tertiary/aromatic N) is 4. The molecule has 1 aliphatic carbocycles. The first-order valence-corrected chi connectivity index (χ1v) is 10.9. The van der Waals surface area contributed by atoms with Gasteiger partial charge in [0.25, 0.3) is 11.7 Å². The van der Waals surface area contributed by atoms with Crippen LogP contribution in [-0.4, -0.2) is 33.2 Å². The van der Waals surface area contributed by atoms with E-state index in [2.05, 4.69) is 22.5 Å². The number of Topliss-reactive ketones (excluding diaryl/α,β-unsaturated/α-hetero) is 1. The average molecular weight is 405 g/mol. The monoisotopic (exact) mass is 404 g/mol. The third kappa shape index (κ3) is 4.42. The molecule has 6 nitrogen and oxygen atoms in total. The van der Waals surface area contributed by atoms with E-state index in [9.17, 15) is 9.59 Å². The van der Waals surface area contributed by atoms with E-state index < -0.39 is 0 Å². The van der Waals surface area contributed by atoms with Gasteiger partial charge in [-0.05, 0) is 31.9 Å². The van der Waals surface area contributed by atoms with E-state index in [1.165, 1.54) is 0 Å². The van der Waals surface area contributed by atoms with Crippen LogP contribution in [0, 0.1) is 6.92 Å². The lowest BCUT2D eigenvalue weighted by Crippen LogP contribution is -2.30. The van der Waals surface area contributed by atoms with Crippen molar-refractivity contribution in [2.24, 2.45) is 0 Å². The molecule has 2 heterocycles. The number of aromatic nitrogens is 3. The summed E-state index contributed by atoms with van der Waals surface area (Å²) in [4.78, 5) is 26.1. The molecule has 1 aromatic carbocycles. The first-order chi connectivity index (χ1) is 14.6. The zero-order chi connectivity index (χ0) is 20.9. The summed E-state index contributed by atoms with van der Waals surface area (Å²) < 4.78 is 1.94. The number of aryl methyl sites for hydroxylation is 2. The molecule has 0 bridgehead atoms. The van der Waals surface area contributed by atoms with Crippen LogP contribution >= 0.6 is 0 Å². The van der Waals surface area contributed by atoms with E-state index in [0.717, 1.165) is 62.0 Å². The quantitative estimate of drug-likeness (QED) is 0.436. The molecule has 2 aliphatic rings. The highest BCUT2D eigenvalue weighted by Gasteiger charge is 2.35. The number of hydrogen-bond acceptors (Lipinski definition) is 4. The smallest absolute Gasteiger partial charge is 0.299 e. The largest absolute Gasteiger partial charge is 0.305 e. The normalized spacial score (nSPS) is 15.6. The Bertz CT molecular complexity index is 977. The summed E-state index contributed by atoms with van der Waals surface area (Å²) >= 11 is 0. The Balaban J connectivity index is 1.12. The van der Waals surface area contributed by atoms with Crippen molar-refractivity contribution in [2.45, 2.75) is 57.9 Å². The maximum atomic E-state index is 12.3. The van der Waals surface area contributed by atoms with Crippen molar-refractivity contribution >= 4 is 17.4 Å². The van der Waals surface area contributed by atoms with Gasteiger partial charge in [-0.25, -0.2) is 0 Å². The second kappa shape index (κ2) is 9.20. The number of anilines is 1. The van der Waals surface area contributed by atoms with Crippen molar-refractivity contribution in [3.05, 3.63) is 65.5 Å². The van der Waals surface area contributed by atoms with E-state index in [0.29, 0.717) is 12.1 Å². The number of hydrogen-bond donors (Lipinski definition) is 0. The maximum Gasteiger partial charge on any atom is 0.299 e. The summed E-state index contributed by atoms with van der Waals surface area (Å²) in [7, 11) is 0. The molecule has 1 amide bonds. The van der Waals surface area contributed by atoms with Gasteiger partial charge in [-0.3, -0.25) is 14.3 Å². The molecule has 0 spiro atoms. The number of ketones is 1. The second-order valence-corrected chi connectivity index (χ2v) is 8.13. The van der Waals surface area contributed by atoms with Crippen LogP contribution in [0.15, 0.2) is 48.7 Å². The topological polar surface area (TPSA) is 68.1 Å². The summed E-state index contributed by atoms with van der Waals surface area (Å²) in [6, 6.07) is 5.66. The predicted octanol–water partition coefficient (Wildman–Crippen LogP) is 4.37. The van der Waals surface area contributed by atoms with Gasteiger partial charge in [0, 0.05) is 25.2 Å². The summed E-state index contributed by atoms with van der Waals surface area (Å²) in [6.07, 6.45) is 16.9. The summed E-state index contributed by atoms with van der Waals surface area (Å²) in [6.45, 7) is 3.45. The first kappa shape index (κ1) is 20.3. The van der Waals surface area contributed by atoms with Gasteiger partial charge in [-0.15, -0.1) is 5.10 Å². The van der Waals surface area contributed by atoms with Gasteiger partial charge < -0.3 is 4.90 Å². The molecule has 0 fully saturated rings. The predicted molar refractivity (Wildman–Crippen MR) is 117 cm³/mol. The molecule has 0 unspecified atom stereocenters. The summed E-state index contributed by atoms with van der Waals surface area (Å²) in [5.74, 6) is -0.483. The SMILES string of the molecule is Cc1ccc2c(c1)C(=O)C(=O)N2CCCCCCCCn1cc(C2C=CC=C2)nn1. The second-order valence-electron chi connectivity index (χ2n) is 8.13. The Hall–Kier alpha value is -3.02. The van der Waals surface area contributed by atoms with Crippen molar-refractivity contribution in [3.8, 4) is 0 Å².